The summed E-state index contributed by atoms with van der Waals surface area (Å²) < 4.78 is 0. The third-order valence-corrected chi connectivity index (χ3v) is 2.14. The molecule has 1 rings (SSSR count). The van der Waals surface area contributed by atoms with Crippen molar-refractivity contribution < 1.29 is 0 Å². The molecule has 0 bridgehead atoms. The van der Waals surface area contributed by atoms with E-state index in [1.165, 1.54) is 6.34 Å². The summed E-state index contributed by atoms with van der Waals surface area (Å²) in [6.45, 7) is 2.26. The fourth-order valence-corrected chi connectivity index (χ4v) is 1.34. The van der Waals surface area contributed by atoms with Gasteiger partial charge in [-0.3, -0.25) is 0 Å². The Morgan fingerprint density at radius 2 is 2.17 bits per heavy atom. The SMILES string of the molecule is CN1CCC(N/C=N\N=N)CC1. The molecule has 0 aromatic heterocycles. The van der Waals surface area contributed by atoms with Gasteiger partial charge in [0.15, 0.2) is 0 Å². The minimum absolute atomic E-state index is 0.506. The monoisotopic (exact) mass is 169 g/mol. The molecule has 0 saturated carbocycles. The van der Waals surface area contributed by atoms with Crippen LogP contribution < -0.4 is 5.32 Å². The lowest BCUT2D eigenvalue weighted by molar-refractivity contribution is 0.247. The summed E-state index contributed by atoms with van der Waals surface area (Å²) in [7, 11) is 2.13. The van der Waals surface area contributed by atoms with E-state index in [4.69, 9.17) is 5.53 Å². The number of rotatable bonds is 3. The molecule has 2 N–H and O–H groups in total. The fraction of sp³-hybridized carbons (Fsp3) is 0.857. The molecule has 1 aliphatic heterocycles. The van der Waals surface area contributed by atoms with Crippen molar-refractivity contribution in [2.75, 3.05) is 20.1 Å². The van der Waals surface area contributed by atoms with Crippen LogP contribution in [0.25, 0.3) is 0 Å². The van der Waals surface area contributed by atoms with Crippen molar-refractivity contribution in [3.05, 3.63) is 0 Å². The summed E-state index contributed by atoms with van der Waals surface area (Å²) in [6.07, 6.45) is 3.78. The smallest absolute Gasteiger partial charge is 0.113 e. The standard InChI is InChI=1S/C7H15N5/c1-12-4-2-7(3-5-12)9-6-10-11-8/h6-7H,2-5H2,1H3,(H2,8,9,10). The Morgan fingerprint density at radius 1 is 1.50 bits per heavy atom. The summed E-state index contributed by atoms with van der Waals surface area (Å²) in [5, 5.41) is 9.42. The van der Waals surface area contributed by atoms with Gasteiger partial charge in [0, 0.05) is 6.04 Å². The average molecular weight is 169 g/mol. The van der Waals surface area contributed by atoms with Gasteiger partial charge >= 0.3 is 0 Å². The van der Waals surface area contributed by atoms with Crippen LogP contribution in [0.15, 0.2) is 10.3 Å². The van der Waals surface area contributed by atoms with Gasteiger partial charge in [0.1, 0.15) is 6.34 Å². The summed E-state index contributed by atoms with van der Waals surface area (Å²) in [4.78, 5) is 2.31. The first-order chi connectivity index (χ1) is 5.83. The summed E-state index contributed by atoms with van der Waals surface area (Å²) in [6, 6.07) is 0.506. The van der Waals surface area contributed by atoms with E-state index in [9.17, 15) is 0 Å². The van der Waals surface area contributed by atoms with Gasteiger partial charge in [0.05, 0.1) is 0 Å². The zero-order valence-electron chi connectivity index (χ0n) is 7.32. The fourth-order valence-electron chi connectivity index (χ4n) is 1.34. The first-order valence-electron chi connectivity index (χ1n) is 4.16. The second-order valence-corrected chi connectivity index (χ2v) is 3.09. The van der Waals surface area contributed by atoms with Gasteiger partial charge in [-0.1, -0.05) is 5.22 Å². The summed E-state index contributed by atoms with van der Waals surface area (Å²) >= 11 is 0. The molecule has 1 heterocycles. The van der Waals surface area contributed by atoms with Crippen LogP contribution in [0, 0.1) is 5.53 Å². The van der Waals surface area contributed by atoms with E-state index in [1.54, 1.807) is 0 Å². The minimum Gasteiger partial charge on any atom is -0.372 e. The molecule has 1 aliphatic rings. The maximum Gasteiger partial charge on any atom is 0.113 e. The lowest BCUT2D eigenvalue weighted by Gasteiger charge is -2.28. The first kappa shape index (κ1) is 9.12. The van der Waals surface area contributed by atoms with E-state index < -0.39 is 0 Å². The molecule has 0 amide bonds. The van der Waals surface area contributed by atoms with E-state index in [-0.39, 0.29) is 0 Å². The van der Waals surface area contributed by atoms with E-state index >= 15 is 0 Å². The molecule has 0 radical (unpaired) electrons. The zero-order valence-corrected chi connectivity index (χ0v) is 7.32. The molecule has 68 valence electrons. The Kier molecular flexibility index (Phi) is 3.66. The van der Waals surface area contributed by atoms with Gasteiger partial charge in [-0.15, -0.1) is 5.10 Å². The Bertz CT molecular complexity index is 159. The molecular weight excluding hydrogens is 154 g/mol. The zero-order chi connectivity index (χ0) is 8.81. The van der Waals surface area contributed by atoms with Gasteiger partial charge in [-0.25, -0.2) is 0 Å². The largest absolute Gasteiger partial charge is 0.372 e. The van der Waals surface area contributed by atoms with Gasteiger partial charge in [0.25, 0.3) is 0 Å². The quantitative estimate of drug-likeness (QED) is 0.282. The highest BCUT2D eigenvalue weighted by Gasteiger charge is 2.14. The minimum atomic E-state index is 0.506. The molecule has 1 fully saturated rings. The van der Waals surface area contributed by atoms with Crippen LogP contribution in [-0.4, -0.2) is 37.4 Å². The van der Waals surface area contributed by atoms with E-state index in [0.717, 1.165) is 25.9 Å². The molecule has 5 nitrogen and oxygen atoms in total. The second-order valence-electron chi connectivity index (χ2n) is 3.09. The molecular formula is C7H15N5. The molecule has 1 saturated heterocycles. The van der Waals surface area contributed by atoms with E-state index in [0.29, 0.717) is 6.04 Å². The van der Waals surface area contributed by atoms with Gasteiger partial charge < -0.3 is 10.2 Å². The highest BCUT2D eigenvalue weighted by molar-refractivity contribution is 5.54. The molecule has 0 unspecified atom stereocenters. The topological polar surface area (TPSA) is 63.8 Å². The van der Waals surface area contributed by atoms with E-state index in [2.05, 4.69) is 27.6 Å². The molecule has 0 aromatic carbocycles. The number of hydrogen-bond acceptors (Lipinski definition) is 3. The lowest BCUT2D eigenvalue weighted by atomic mass is 10.1. The highest BCUT2D eigenvalue weighted by atomic mass is 15.3. The predicted molar refractivity (Wildman–Crippen MR) is 47.3 cm³/mol. The Hall–Kier alpha value is -0.970. The molecule has 0 spiro atoms. The van der Waals surface area contributed by atoms with Crippen LogP contribution in [0.2, 0.25) is 0 Å². The molecule has 12 heavy (non-hydrogen) atoms. The second kappa shape index (κ2) is 4.82. The Balaban J connectivity index is 2.17. The van der Waals surface area contributed by atoms with Crippen molar-refractivity contribution in [3.8, 4) is 0 Å². The van der Waals surface area contributed by atoms with Crippen molar-refractivity contribution in [2.24, 2.45) is 10.3 Å². The maximum atomic E-state index is 6.43. The van der Waals surface area contributed by atoms with Crippen LogP contribution in [-0.2, 0) is 0 Å². The number of likely N-dealkylation sites (tertiary alicyclic amines) is 1. The maximum absolute atomic E-state index is 6.43. The predicted octanol–water partition coefficient (Wildman–Crippen LogP) is 0.644. The van der Waals surface area contributed by atoms with E-state index in [1.807, 2.05) is 0 Å². The molecule has 0 aliphatic carbocycles. The van der Waals surface area contributed by atoms with Gasteiger partial charge in [0.2, 0.25) is 0 Å². The number of hydrogen-bond donors (Lipinski definition) is 2. The number of nitrogens with one attached hydrogen (secondary N) is 2. The summed E-state index contributed by atoms with van der Waals surface area (Å²) in [5.74, 6) is 0. The van der Waals surface area contributed by atoms with Crippen LogP contribution in [0.4, 0.5) is 0 Å². The van der Waals surface area contributed by atoms with Crippen LogP contribution >= 0.6 is 0 Å². The van der Waals surface area contributed by atoms with Crippen molar-refractivity contribution in [1.82, 2.24) is 10.2 Å². The van der Waals surface area contributed by atoms with Crippen molar-refractivity contribution in [3.63, 3.8) is 0 Å². The first-order valence-corrected chi connectivity index (χ1v) is 4.16. The van der Waals surface area contributed by atoms with Gasteiger partial charge in [-0.05, 0) is 33.0 Å². The van der Waals surface area contributed by atoms with Crippen LogP contribution in [0.5, 0.6) is 0 Å². The van der Waals surface area contributed by atoms with Crippen molar-refractivity contribution >= 4 is 6.34 Å². The normalized spacial score (nSPS) is 21.4. The molecule has 0 atom stereocenters. The average Bonchev–Trinajstić information content (AvgIpc) is 2.09. The number of nitrogens with zero attached hydrogens (tertiary/aromatic N) is 3. The van der Waals surface area contributed by atoms with Crippen LogP contribution in [0.3, 0.4) is 0 Å². The summed E-state index contributed by atoms with van der Waals surface area (Å²) in [5.41, 5.74) is 6.43. The van der Waals surface area contributed by atoms with Crippen molar-refractivity contribution in [2.45, 2.75) is 18.9 Å². The van der Waals surface area contributed by atoms with Gasteiger partial charge in [-0.2, -0.15) is 5.53 Å². The Labute approximate surface area is 72.3 Å². The lowest BCUT2D eigenvalue weighted by Crippen LogP contribution is -2.40. The third kappa shape index (κ3) is 2.96. The van der Waals surface area contributed by atoms with Crippen molar-refractivity contribution in [1.29, 1.82) is 5.53 Å². The Morgan fingerprint density at radius 3 is 2.75 bits per heavy atom. The molecule has 5 heteroatoms. The molecule has 0 aromatic rings. The number of piperidine rings is 1. The third-order valence-electron chi connectivity index (χ3n) is 2.14. The van der Waals surface area contributed by atoms with Crippen LogP contribution in [0.1, 0.15) is 12.8 Å². The highest BCUT2D eigenvalue weighted by Crippen LogP contribution is 2.06.